The molecule has 0 aromatic carbocycles. The van der Waals surface area contributed by atoms with E-state index in [1.165, 1.54) is 19.3 Å². The summed E-state index contributed by atoms with van der Waals surface area (Å²) in [7, 11) is 1.99. The number of nitrogens with one attached hydrogen (secondary N) is 1. The molecule has 17 heavy (non-hydrogen) atoms. The maximum atomic E-state index is 12.4. The molecule has 1 saturated carbocycles. The van der Waals surface area contributed by atoms with Crippen LogP contribution in [0.25, 0.3) is 0 Å². The summed E-state index contributed by atoms with van der Waals surface area (Å²) in [4.78, 5) is 14.5. The number of likely N-dealkylation sites (tertiary alicyclic amines) is 1. The molecule has 0 radical (unpaired) electrons. The largest absolute Gasteiger partial charge is 0.342 e. The maximum absolute atomic E-state index is 12.4. The smallest absolute Gasteiger partial charge is 0.225 e. The molecule has 3 nitrogen and oxygen atoms in total. The van der Waals surface area contributed by atoms with E-state index in [9.17, 15) is 4.79 Å². The van der Waals surface area contributed by atoms with Crippen molar-refractivity contribution in [3.05, 3.63) is 0 Å². The van der Waals surface area contributed by atoms with Crippen molar-refractivity contribution in [2.75, 3.05) is 26.7 Å². The van der Waals surface area contributed by atoms with E-state index in [-0.39, 0.29) is 0 Å². The summed E-state index contributed by atoms with van der Waals surface area (Å²) < 4.78 is 0. The number of hydrogen-bond donors (Lipinski definition) is 1. The highest BCUT2D eigenvalue weighted by molar-refractivity contribution is 5.79. The number of rotatable bonds is 3. The fraction of sp³-hybridized carbons (Fsp3) is 0.929. The Balaban J connectivity index is 1.80. The Morgan fingerprint density at radius 2 is 1.94 bits per heavy atom. The Bertz CT molecular complexity index is 259. The molecule has 1 unspecified atom stereocenters. The molecule has 1 aliphatic heterocycles. The SMILES string of the molecule is CNCC1CCN(C(=O)C2CCC(C)CC2)C1. The molecule has 2 aliphatic rings. The predicted octanol–water partition coefficient (Wildman–Crippen LogP) is 1.88. The van der Waals surface area contributed by atoms with Gasteiger partial charge in [0.1, 0.15) is 0 Å². The normalized spacial score (nSPS) is 34.0. The summed E-state index contributed by atoms with van der Waals surface area (Å²) >= 11 is 0. The van der Waals surface area contributed by atoms with Crippen molar-refractivity contribution in [1.82, 2.24) is 10.2 Å². The molecule has 0 aromatic heterocycles. The fourth-order valence-electron chi connectivity index (χ4n) is 3.25. The van der Waals surface area contributed by atoms with Gasteiger partial charge in [0, 0.05) is 19.0 Å². The highest BCUT2D eigenvalue weighted by Gasteiger charge is 2.32. The standard InChI is InChI=1S/C14H26N2O/c1-11-3-5-13(6-4-11)14(17)16-8-7-12(10-16)9-15-2/h11-13,15H,3-10H2,1-2H3. The Kier molecular flexibility index (Phi) is 4.43. The van der Waals surface area contributed by atoms with E-state index in [1.54, 1.807) is 0 Å². The zero-order chi connectivity index (χ0) is 12.3. The first-order valence-corrected chi connectivity index (χ1v) is 7.14. The van der Waals surface area contributed by atoms with Crippen molar-refractivity contribution in [2.45, 2.75) is 39.0 Å². The number of carbonyl (C=O) groups excluding carboxylic acids is 1. The molecule has 1 N–H and O–H groups in total. The second-order valence-electron chi connectivity index (χ2n) is 5.95. The van der Waals surface area contributed by atoms with Crippen molar-refractivity contribution in [3.8, 4) is 0 Å². The zero-order valence-electron chi connectivity index (χ0n) is 11.2. The lowest BCUT2D eigenvalue weighted by molar-refractivity contribution is -0.135. The first kappa shape index (κ1) is 12.9. The summed E-state index contributed by atoms with van der Waals surface area (Å²) in [6.45, 7) is 5.31. The molecule has 0 bridgehead atoms. The Morgan fingerprint density at radius 3 is 2.59 bits per heavy atom. The van der Waals surface area contributed by atoms with Crippen LogP contribution in [0.15, 0.2) is 0 Å². The third-order valence-corrected chi connectivity index (χ3v) is 4.46. The van der Waals surface area contributed by atoms with Gasteiger partial charge in [-0.1, -0.05) is 6.92 Å². The lowest BCUT2D eigenvalue weighted by Crippen LogP contribution is -2.36. The molecule has 1 atom stereocenters. The average molecular weight is 238 g/mol. The molecular weight excluding hydrogens is 212 g/mol. The predicted molar refractivity (Wildman–Crippen MR) is 69.7 cm³/mol. The van der Waals surface area contributed by atoms with Gasteiger partial charge in [0.15, 0.2) is 0 Å². The van der Waals surface area contributed by atoms with Crippen LogP contribution in [0.5, 0.6) is 0 Å². The third kappa shape index (κ3) is 3.21. The van der Waals surface area contributed by atoms with Gasteiger partial charge in [-0.2, -0.15) is 0 Å². The fourth-order valence-corrected chi connectivity index (χ4v) is 3.25. The summed E-state index contributed by atoms with van der Waals surface area (Å²) in [6.07, 6.45) is 5.89. The van der Waals surface area contributed by atoms with Gasteiger partial charge in [0.05, 0.1) is 0 Å². The van der Waals surface area contributed by atoms with E-state index in [2.05, 4.69) is 17.1 Å². The van der Waals surface area contributed by atoms with Crippen LogP contribution in [0.2, 0.25) is 0 Å². The van der Waals surface area contributed by atoms with E-state index >= 15 is 0 Å². The minimum Gasteiger partial charge on any atom is -0.342 e. The molecule has 2 fully saturated rings. The van der Waals surface area contributed by atoms with Gasteiger partial charge >= 0.3 is 0 Å². The Hall–Kier alpha value is -0.570. The van der Waals surface area contributed by atoms with Gasteiger partial charge in [0.25, 0.3) is 0 Å². The molecule has 3 heteroatoms. The van der Waals surface area contributed by atoms with Crippen LogP contribution in [0, 0.1) is 17.8 Å². The van der Waals surface area contributed by atoms with Crippen LogP contribution in [-0.2, 0) is 4.79 Å². The average Bonchev–Trinajstić information content (AvgIpc) is 2.78. The van der Waals surface area contributed by atoms with Crippen LogP contribution < -0.4 is 5.32 Å². The molecule has 1 saturated heterocycles. The molecule has 0 spiro atoms. The number of hydrogen-bond acceptors (Lipinski definition) is 2. The van der Waals surface area contributed by atoms with Crippen molar-refractivity contribution < 1.29 is 4.79 Å². The second-order valence-corrected chi connectivity index (χ2v) is 5.95. The minimum absolute atomic E-state index is 0.333. The zero-order valence-corrected chi connectivity index (χ0v) is 11.2. The molecule has 1 aliphatic carbocycles. The molecule has 1 amide bonds. The molecule has 0 aromatic rings. The number of amides is 1. The Labute approximate surface area is 105 Å². The monoisotopic (exact) mass is 238 g/mol. The van der Waals surface area contributed by atoms with Crippen molar-refractivity contribution in [3.63, 3.8) is 0 Å². The van der Waals surface area contributed by atoms with Crippen LogP contribution in [0.4, 0.5) is 0 Å². The van der Waals surface area contributed by atoms with Gasteiger partial charge in [-0.3, -0.25) is 4.79 Å². The topological polar surface area (TPSA) is 32.3 Å². The van der Waals surface area contributed by atoms with Gasteiger partial charge in [-0.15, -0.1) is 0 Å². The van der Waals surface area contributed by atoms with E-state index < -0.39 is 0 Å². The molecular formula is C14H26N2O. The van der Waals surface area contributed by atoms with Crippen molar-refractivity contribution >= 4 is 5.91 Å². The van der Waals surface area contributed by atoms with Gasteiger partial charge < -0.3 is 10.2 Å². The number of nitrogens with zero attached hydrogens (tertiary/aromatic N) is 1. The minimum atomic E-state index is 0.333. The van der Waals surface area contributed by atoms with Crippen molar-refractivity contribution in [1.29, 1.82) is 0 Å². The van der Waals surface area contributed by atoms with Crippen LogP contribution in [-0.4, -0.2) is 37.5 Å². The first-order chi connectivity index (χ1) is 8.20. The van der Waals surface area contributed by atoms with E-state index in [0.717, 1.165) is 38.4 Å². The molecule has 1 heterocycles. The van der Waals surface area contributed by atoms with Gasteiger partial charge in [-0.05, 0) is 57.5 Å². The van der Waals surface area contributed by atoms with Crippen LogP contribution in [0.3, 0.4) is 0 Å². The van der Waals surface area contributed by atoms with Gasteiger partial charge in [-0.25, -0.2) is 0 Å². The van der Waals surface area contributed by atoms with Crippen LogP contribution >= 0.6 is 0 Å². The quantitative estimate of drug-likeness (QED) is 0.814. The summed E-state index contributed by atoms with van der Waals surface area (Å²) in [5.41, 5.74) is 0. The Morgan fingerprint density at radius 1 is 1.24 bits per heavy atom. The van der Waals surface area contributed by atoms with Crippen LogP contribution in [0.1, 0.15) is 39.0 Å². The summed E-state index contributed by atoms with van der Waals surface area (Å²) in [6, 6.07) is 0. The highest BCUT2D eigenvalue weighted by atomic mass is 16.2. The summed E-state index contributed by atoms with van der Waals surface area (Å²) in [5, 5.41) is 3.22. The number of carbonyl (C=O) groups is 1. The molecule has 98 valence electrons. The third-order valence-electron chi connectivity index (χ3n) is 4.46. The lowest BCUT2D eigenvalue weighted by atomic mass is 9.82. The maximum Gasteiger partial charge on any atom is 0.225 e. The lowest BCUT2D eigenvalue weighted by Gasteiger charge is -2.29. The second kappa shape index (κ2) is 5.85. The van der Waals surface area contributed by atoms with E-state index in [4.69, 9.17) is 0 Å². The van der Waals surface area contributed by atoms with Gasteiger partial charge in [0.2, 0.25) is 5.91 Å². The van der Waals surface area contributed by atoms with E-state index in [0.29, 0.717) is 17.7 Å². The van der Waals surface area contributed by atoms with Crippen molar-refractivity contribution in [2.24, 2.45) is 17.8 Å². The molecule has 2 rings (SSSR count). The highest BCUT2D eigenvalue weighted by Crippen LogP contribution is 2.30. The van der Waals surface area contributed by atoms with E-state index in [1.807, 2.05) is 7.05 Å². The first-order valence-electron chi connectivity index (χ1n) is 7.14. The summed E-state index contributed by atoms with van der Waals surface area (Å²) in [5.74, 6) is 2.27.